The highest BCUT2D eigenvalue weighted by atomic mass is 16.3. The Balaban J connectivity index is 1.77. The molecule has 0 saturated carbocycles. The molecule has 0 radical (unpaired) electrons. The van der Waals surface area contributed by atoms with E-state index in [1.54, 1.807) is 24.3 Å². The largest absolute Gasteiger partial charge is 0.508 e. The molecule has 0 bridgehead atoms. The molecule has 0 saturated heterocycles. The molecule has 0 aliphatic heterocycles. The maximum Gasteiger partial charge on any atom is 0.115 e. The van der Waals surface area contributed by atoms with E-state index < -0.39 is 0 Å². The fraction of sp³-hybridized carbons (Fsp3) is 0.0833. The van der Waals surface area contributed by atoms with Crippen LogP contribution in [0.4, 0.5) is 0 Å². The van der Waals surface area contributed by atoms with Gasteiger partial charge in [-0.25, -0.2) is 0 Å². The molecular formula is C24H20O2. The van der Waals surface area contributed by atoms with E-state index in [1.807, 2.05) is 24.3 Å². The molecule has 0 aliphatic rings. The summed E-state index contributed by atoms with van der Waals surface area (Å²) in [6.07, 6.45) is 0.823. The van der Waals surface area contributed by atoms with E-state index >= 15 is 0 Å². The SMILES string of the molecule is Oc1ccc(C[C@@H](c2ccc(O)cc2)c2ccc3ccccc3c2)cc1. The Morgan fingerprint density at radius 3 is 1.85 bits per heavy atom. The zero-order valence-electron chi connectivity index (χ0n) is 14.3. The first-order chi connectivity index (χ1) is 12.7. The quantitative estimate of drug-likeness (QED) is 0.506. The second-order valence-electron chi connectivity index (χ2n) is 6.62. The zero-order chi connectivity index (χ0) is 17.9. The fourth-order valence-electron chi connectivity index (χ4n) is 3.43. The Kier molecular flexibility index (Phi) is 4.32. The average molecular weight is 340 g/mol. The molecule has 26 heavy (non-hydrogen) atoms. The van der Waals surface area contributed by atoms with Crippen molar-refractivity contribution in [3.8, 4) is 11.5 Å². The lowest BCUT2D eigenvalue weighted by Crippen LogP contribution is -2.05. The number of fused-ring (bicyclic) bond motifs is 1. The molecule has 1 atom stereocenters. The highest BCUT2D eigenvalue weighted by Gasteiger charge is 2.16. The maximum atomic E-state index is 9.64. The molecular weight excluding hydrogens is 320 g/mol. The minimum Gasteiger partial charge on any atom is -0.508 e. The van der Waals surface area contributed by atoms with Crippen LogP contribution in [0, 0.1) is 0 Å². The number of hydrogen-bond donors (Lipinski definition) is 2. The third kappa shape index (κ3) is 3.40. The number of phenols is 2. The highest BCUT2D eigenvalue weighted by molar-refractivity contribution is 5.83. The first-order valence-corrected chi connectivity index (χ1v) is 8.74. The second kappa shape index (κ2) is 6.93. The summed E-state index contributed by atoms with van der Waals surface area (Å²) in [5.74, 6) is 0.723. The molecule has 2 N–H and O–H groups in total. The van der Waals surface area contributed by atoms with Crippen LogP contribution < -0.4 is 0 Å². The molecule has 0 aromatic heterocycles. The van der Waals surface area contributed by atoms with E-state index in [4.69, 9.17) is 0 Å². The van der Waals surface area contributed by atoms with Crippen LogP contribution in [0.25, 0.3) is 10.8 Å². The Hall–Kier alpha value is -3.26. The molecule has 4 aromatic rings. The summed E-state index contributed by atoms with van der Waals surface area (Å²) in [5, 5.41) is 21.6. The molecule has 2 nitrogen and oxygen atoms in total. The summed E-state index contributed by atoms with van der Waals surface area (Å²) in [6, 6.07) is 29.8. The number of aromatic hydroxyl groups is 2. The molecule has 0 fully saturated rings. The third-order valence-electron chi connectivity index (χ3n) is 4.85. The van der Waals surface area contributed by atoms with Crippen LogP contribution in [0.5, 0.6) is 11.5 Å². The number of rotatable bonds is 4. The van der Waals surface area contributed by atoms with Crippen molar-refractivity contribution in [1.82, 2.24) is 0 Å². The highest BCUT2D eigenvalue weighted by Crippen LogP contribution is 2.32. The van der Waals surface area contributed by atoms with Crippen LogP contribution in [-0.4, -0.2) is 10.2 Å². The number of benzene rings is 4. The Morgan fingerprint density at radius 1 is 0.577 bits per heavy atom. The van der Waals surface area contributed by atoms with E-state index in [-0.39, 0.29) is 17.4 Å². The van der Waals surface area contributed by atoms with Gasteiger partial charge in [0, 0.05) is 5.92 Å². The molecule has 4 rings (SSSR count). The summed E-state index contributed by atoms with van der Waals surface area (Å²) in [5.41, 5.74) is 3.56. The van der Waals surface area contributed by atoms with Crippen molar-refractivity contribution >= 4 is 10.8 Å². The van der Waals surface area contributed by atoms with Gasteiger partial charge >= 0.3 is 0 Å². The Bertz CT molecular complexity index is 1020. The first-order valence-electron chi connectivity index (χ1n) is 8.74. The van der Waals surface area contributed by atoms with Gasteiger partial charge in [-0.05, 0) is 58.1 Å². The van der Waals surface area contributed by atoms with Gasteiger partial charge in [0.05, 0.1) is 0 Å². The van der Waals surface area contributed by atoms with Crippen LogP contribution in [0.3, 0.4) is 0 Å². The van der Waals surface area contributed by atoms with Crippen molar-refractivity contribution in [2.75, 3.05) is 0 Å². The molecule has 0 aliphatic carbocycles. The van der Waals surface area contributed by atoms with Crippen molar-refractivity contribution in [3.63, 3.8) is 0 Å². The summed E-state index contributed by atoms with van der Waals surface area (Å²) in [7, 11) is 0. The molecule has 0 spiro atoms. The van der Waals surface area contributed by atoms with E-state index in [1.165, 1.54) is 16.3 Å². The van der Waals surface area contributed by atoms with Crippen molar-refractivity contribution in [2.45, 2.75) is 12.3 Å². The van der Waals surface area contributed by atoms with Gasteiger partial charge in [-0.15, -0.1) is 0 Å². The topological polar surface area (TPSA) is 40.5 Å². The lowest BCUT2D eigenvalue weighted by atomic mass is 9.85. The summed E-state index contributed by atoms with van der Waals surface area (Å²) in [6.45, 7) is 0. The van der Waals surface area contributed by atoms with Crippen LogP contribution in [0.2, 0.25) is 0 Å². The molecule has 2 heteroatoms. The van der Waals surface area contributed by atoms with Crippen LogP contribution >= 0.6 is 0 Å². The van der Waals surface area contributed by atoms with Gasteiger partial charge in [-0.3, -0.25) is 0 Å². The average Bonchev–Trinajstić information content (AvgIpc) is 2.68. The number of hydrogen-bond acceptors (Lipinski definition) is 2. The predicted octanol–water partition coefficient (Wildman–Crippen LogP) is 5.63. The van der Waals surface area contributed by atoms with Crippen molar-refractivity contribution in [3.05, 3.63) is 108 Å². The maximum absolute atomic E-state index is 9.64. The predicted molar refractivity (Wildman–Crippen MR) is 106 cm³/mol. The van der Waals surface area contributed by atoms with E-state index in [0.717, 1.165) is 17.5 Å². The summed E-state index contributed by atoms with van der Waals surface area (Å²) < 4.78 is 0. The third-order valence-corrected chi connectivity index (χ3v) is 4.85. The van der Waals surface area contributed by atoms with Crippen LogP contribution in [0.15, 0.2) is 91.0 Å². The van der Waals surface area contributed by atoms with Gasteiger partial charge in [0.2, 0.25) is 0 Å². The molecule has 4 aromatic carbocycles. The number of phenolic OH excluding ortho intramolecular Hbond substituents is 2. The Labute approximate surface area is 153 Å². The van der Waals surface area contributed by atoms with Gasteiger partial charge in [0.25, 0.3) is 0 Å². The minimum absolute atomic E-state index is 0.171. The van der Waals surface area contributed by atoms with Gasteiger partial charge in [0.15, 0.2) is 0 Å². The second-order valence-corrected chi connectivity index (χ2v) is 6.62. The van der Waals surface area contributed by atoms with Crippen LogP contribution in [0.1, 0.15) is 22.6 Å². The molecule has 0 amide bonds. The van der Waals surface area contributed by atoms with Crippen molar-refractivity contribution in [2.24, 2.45) is 0 Å². The van der Waals surface area contributed by atoms with Crippen LogP contribution in [-0.2, 0) is 6.42 Å². The van der Waals surface area contributed by atoms with Crippen molar-refractivity contribution < 1.29 is 10.2 Å². The first kappa shape index (κ1) is 16.2. The lowest BCUT2D eigenvalue weighted by Gasteiger charge is -2.19. The zero-order valence-corrected chi connectivity index (χ0v) is 14.3. The van der Waals surface area contributed by atoms with Gasteiger partial charge in [0.1, 0.15) is 11.5 Å². The Morgan fingerprint density at radius 2 is 1.15 bits per heavy atom. The van der Waals surface area contributed by atoms with E-state index in [2.05, 4.69) is 42.5 Å². The molecule has 0 heterocycles. The standard InChI is InChI=1S/C24H20O2/c25-22-11-5-17(6-12-22)15-24(19-9-13-23(26)14-10-19)21-8-7-18-3-1-2-4-20(18)16-21/h1-14,16,24-26H,15H2/t24-/m0/s1. The normalized spacial score (nSPS) is 12.2. The van der Waals surface area contributed by atoms with Gasteiger partial charge < -0.3 is 10.2 Å². The summed E-state index contributed by atoms with van der Waals surface area (Å²) in [4.78, 5) is 0. The smallest absolute Gasteiger partial charge is 0.115 e. The van der Waals surface area contributed by atoms with E-state index in [0.29, 0.717) is 0 Å². The fourth-order valence-corrected chi connectivity index (χ4v) is 3.43. The van der Waals surface area contributed by atoms with Gasteiger partial charge in [-0.1, -0.05) is 66.7 Å². The molecule has 0 unspecified atom stereocenters. The lowest BCUT2D eigenvalue weighted by molar-refractivity contribution is 0.474. The van der Waals surface area contributed by atoms with Crippen molar-refractivity contribution in [1.29, 1.82) is 0 Å². The minimum atomic E-state index is 0.171. The van der Waals surface area contributed by atoms with Gasteiger partial charge in [-0.2, -0.15) is 0 Å². The summed E-state index contributed by atoms with van der Waals surface area (Å²) >= 11 is 0. The molecule has 128 valence electrons. The monoisotopic (exact) mass is 340 g/mol. The van der Waals surface area contributed by atoms with E-state index in [9.17, 15) is 10.2 Å².